The molecule has 2 aliphatic heterocycles. The summed E-state index contributed by atoms with van der Waals surface area (Å²) in [6.07, 6.45) is 0.762. The van der Waals surface area contributed by atoms with E-state index in [2.05, 4.69) is 22.5 Å². The summed E-state index contributed by atoms with van der Waals surface area (Å²) in [4.78, 5) is 60.4. The van der Waals surface area contributed by atoms with Crippen LogP contribution in [0.25, 0.3) is 0 Å². The van der Waals surface area contributed by atoms with Gasteiger partial charge in [0, 0.05) is 43.3 Å². The van der Waals surface area contributed by atoms with Crippen LogP contribution in [0.2, 0.25) is 0 Å². The number of fused-ring (bicyclic) bond motifs is 2. The highest BCUT2D eigenvalue weighted by molar-refractivity contribution is 5.90. The number of epoxide rings is 1. The van der Waals surface area contributed by atoms with Crippen LogP contribution < -0.4 is 21.1 Å². The summed E-state index contributed by atoms with van der Waals surface area (Å²) in [6, 6.07) is 14.0. The van der Waals surface area contributed by atoms with Gasteiger partial charge in [-0.05, 0) is 68.9 Å². The molecule has 3 fully saturated rings. The Morgan fingerprint density at radius 3 is 2.45 bits per heavy atom. The maximum absolute atomic E-state index is 14.6. The molecular formula is C41H54N4O8. The van der Waals surface area contributed by atoms with E-state index in [4.69, 9.17) is 24.8 Å². The first-order chi connectivity index (χ1) is 25.2. The summed E-state index contributed by atoms with van der Waals surface area (Å²) in [5.74, 6) is 4.85. The Balaban J connectivity index is 1.51. The van der Waals surface area contributed by atoms with E-state index >= 15 is 0 Å². The lowest BCUT2D eigenvalue weighted by molar-refractivity contribution is -0.220. The van der Waals surface area contributed by atoms with E-state index in [0.29, 0.717) is 31.6 Å². The summed E-state index contributed by atoms with van der Waals surface area (Å²) in [7, 11) is 1.59. The number of hydroxylamine groups is 2. The third kappa shape index (κ3) is 10.2. The van der Waals surface area contributed by atoms with E-state index in [9.17, 15) is 19.2 Å². The lowest BCUT2D eigenvalue weighted by Crippen LogP contribution is -2.62. The number of methoxy groups -OCH3 is 1. The summed E-state index contributed by atoms with van der Waals surface area (Å²) >= 11 is 0. The van der Waals surface area contributed by atoms with Crippen LogP contribution in [0.1, 0.15) is 89.8 Å². The zero-order valence-electron chi connectivity index (χ0n) is 31.7. The molecule has 3 amide bonds. The molecule has 0 spiro atoms. The van der Waals surface area contributed by atoms with Crippen molar-refractivity contribution in [1.82, 2.24) is 15.7 Å². The summed E-state index contributed by atoms with van der Waals surface area (Å²) < 4.78 is 17.5. The number of primary amides is 1. The van der Waals surface area contributed by atoms with Gasteiger partial charge in [-0.3, -0.25) is 24.0 Å². The Bertz CT molecular complexity index is 1690. The third-order valence-corrected chi connectivity index (χ3v) is 9.70. The Kier molecular flexibility index (Phi) is 12.9. The largest absolute Gasteiger partial charge is 0.497 e. The molecule has 2 aromatic carbocycles. The highest BCUT2D eigenvalue weighted by atomic mass is 16.7. The number of rotatable bonds is 16. The van der Waals surface area contributed by atoms with Gasteiger partial charge in [-0.15, -0.1) is 0 Å². The quantitative estimate of drug-likeness (QED) is 0.0997. The molecule has 12 nitrogen and oxygen atoms in total. The average molecular weight is 731 g/mol. The van der Waals surface area contributed by atoms with E-state index < -0.39 is 47.7 Å². The molecule has 1 saturated carbocycles. The SMILES string of the molecule is COc1ccc(CNC(=O)[C@@H]2[C@@H]3[C@H](OC(=O)CC(C)C)[C@H]4O[C@H]4C[C@]3(C(=O)NCCCCCC(N)=O)ON2Cc2ccccc2C#CC(C)(C)C)cc1. The Morgan fingerprint density at radius 2 is 1.77 bits per heavy atom. The van der Waals surface area contributed by atoms with Crippen molar-refractivity contribution in [3.05, 3.63) is 65.2 Å². The van der Waals surface area contributed by atoms with Gasteiger partial charge in [-0.2, -0.15) is 5.06 Å². The lowest BCUT2D eigenvalue weighted by atomic mass is 9.70. The van der Waals surface area contributed by atoms with Crippen molar-refractivity contribution in [2.45, 2.75) is 116 Å². The molecule has 12 heteroatoms. The number of benzene rings is 2. The minimum absolute atomic E-state index is 0.0373. The second-order valence-electron chi connectivity index (χ2n) is 15.7. The van der Waals surface area contributed by atoms with Crippen LogP contribution in [-0.2, 0) is 46.6 Å². The van der Waals surface area contributed by atoms with E-state index in [1.807, 2.05) is 83.1 Å². The highest BCUT2D eigenvalue weighted by Gasteiger charge is 2.73. The number of hydrogen-bond acceptors (Lipinski definition) is 9. The minimum Gasteiger partial charge on any atom is -0.497 e. The number of nitrogens with zero attached hydrogens (tertiary/aromatic N) is 1. The molecule has 6 atom stereocenters. The first-order valence-electron chi connectivity index (χ1n) is 18.6. The molecule has 1 aliphatic carbocycles. The number of nitrogens with two attached hydrogens (primary N) is 1. The van der Waals surface area contributed by atoms with Crippen molar-refractivity contribution in [3.63, 3.8) is 0 Å². The molecule has 2 heterocycles. The predicted molar refractivity (Wildman–Crippen MR) is 198 cm³/mol. The normalized spacial score (nSPS) is 24.6. The van der Waals surface area contributed by atoms with E-state index in [1.54, 1.807) is 12.2 Å². The number of carbonyl (C=O) groups is 4. The number of carbonyl (C=O) groups excluding carboxylic acids is 4. The van der Waals surface area contributed by atoms with Crippen molar-refractivity contribution in [2.24, 2.45) is 23.0 Å². The van der Waals surface area contributed by atoms with E-state index in [1.165, 1.54) is 0 Å². The fourth-order valence-corrected chi connectivity index (χ4v) is 7.07. The standard InChI is InChI=1S/C41H54N4O8/c1-26(2)22-33(47)52-37-34-35(38(48)44-24-27-15-17-30(50-6)18-16-27)45(25-29-13-10-9-12-28(29)19-20-40(3,4)5)53-41(34,23-31-36(37)51-31)39(49)43-21-11-7-8-14-32(42)46/h9-10,12-13,15-18,26,31,34-37H,7-8,11,14,21-25H2,1-6H3,(H2,42,46)(H,43,49)(H,44,48)/t31-,34+,35-,36-,37-,41-/m0/s1. The third-order valence-electron chi connectivity index (χ3n) is 9.70. The molecule has 0 unspecified atom stereocenters. The van der Waals surface area contributed by atoms with Gasteiger partial charge in [0.25, 0.3) is 5.91 Å². The number of unbranched alkanes of at least 4 members (excludes halogenated alkanes) is 2. The van der Waals surface area contributed by atoms with Crippen molar-refractivity contribution in [3.8, 4) is 17.6 Å². The molecule has 0 bridgehead atoms. The predicted octanol–water partition coefficient (Wildman–Crippen LogP) is 4.17. The van der Waals surface area contributed by atoms with Crippen molar-refractivity contribution in [2.75, 3.05) is 13.7 Å². The van der Waals surface area contributed by atoms with Gasteiger partial charge in [0.2, 0.25) is 11.8 Å². The van der Waals surface area contributed by atoms with Crippen LogP contribution >= 0.6 is 0 Å². The molecule has 2 aromatic rings. The molecule has 0 aromatic heterocycles. The first kappa shape index (κ1) is 39.8. The summed E-state index contributed by atoms with van der Waals surface area (Å²) in [5, 5.41) is 7.69. The van der Waals surface area contributed by atoms with E-state index in [0.717, 1.165) is 16.7 Å². The first-order valence-corrected chi connectivity index (χ1v) is 18.6. The van der Waals surface area contributed by atoms with E-state index in [-0.39, 0.29) is 55.5 Å². The van der Waals surface area contributed by atoms with Gasteiger partial charge in [-0.25, -0.2) is 0 Å². The van der Waals surface area contributed by atoms with Crippen molar-refractivity contribution in [1.29, 1.82) is 0 Å². The van der Waals surface area contributed by atoms with Crippen LogP contribution in [0.15, 0.2) is 48.5 Å². The van der Waals surface area contributed by atoms with Crippen molar-refractivity contribution < 1.29 is 38.2 Å². The molecule has 286 valence electrons. The molecule has 4 N–H and O–H groups in total. The molecule has 53 heavy (non-hydrogen) atoms. The number of amides is 3. The Morgan fingerprint density at radius 1 is 1.04 bits per heavy atom. The van der Waals surface area contributed by atoms with Crippen LogP contribution in [0, 0.1) is 29.1 Å². The van der Waals surface area contributed by atoms with Crippen LogP contribution in [0.4, 0.5) is 0 Å². The van der Waals surface area contributed by atoms with Gasteiger partial charge in [0.1, 0.15) is 24.0 Å². The fourth-order valence-electron chi connectivity index (χ4n) is 7.07. The smallest absolute Gasteiger partial charge is 0.306 e. The maximum atomic E-state index is 14.6. The number of esters is 1. The number of ether oxygens (including phenoxy) is 3. The number of hydrogen-bond donors (Lipinski definition) is 3. The van der Waals surface area contributed by atoms with Crippen LogP contribution in [-0.4, -0.2) is 72.4 Å². The van der Waals surface area contributed by atoms with Gasteiger partial charge < -0.3 is 30.6 Å². The molecule has 5 rings (SSSR count). The second-order valence-corrected chi connectivity index (χ2v) is 15.7. The summed E-state index contributed by atoms with van der Waals surface area (Å²) in [6.45, 7) is 10.6. The average Bonchev–Trinajstić information content (AvgIpc) is 3.80. The number of nitrogens with one attached hydrogen (secondary N) is 2. The summed E-state index contributed by atoms with van der Waals surface area (Å²) in [5.41, 5.74) is 5.91. The highest BCUT2D eigenvalue weighted by Crippen LogP contribution is 2.54. The Hall–Kier alpha value is -4.44. The lowest BCUT2D eigenvalue weighted by Gasteiger charge is -2.39. The topological polar surface area (TPSA) is 162 Å². The molecule has 2 saturated heterocycles. The molecule has 3 aliphatic rings. The monoisotopic (exact) mass is 730 g/mol. The Labute approximate surface area is 312 Å². The van der Waals surface area contributed by atoms with Gasteiger partial charge in [0.05, 0.1) is 25.7 Å². The zero-order chi connectivity index (χ0) is 38.3. The maximum Gasteiger partial charge on any atom is 0.306 e. The minimum atomic E-state index is -1.58. The van der Waals surface area contributed by atoms with Gasteiger partial charge in [-0.1, -0.05) is 62.4 Å². The molecule has 0 radical (unpaired) electrons. The van der Waals surface area contributed by atoms with Gasteiger partial charge >= 0.3 is 5.97 Å². The second kappa shape index (κ2) is 17.1. The zero-order valence-corrected chi connectivity index (χ0v) is 31.7. The van der Waals surface area contributed by atoms with Crippen LogP contribution in [0.5, 0.6) is 5.75 Å². The van der Waals surface area contributed by atoms with Crippen LogP contribution in [0.3, 0.4) is 0 Å². The fraction of sp³-hybridized carbons (Fsp3) is 0.561. The van der Waals surface area contributed by atoms with Gasteiger partial charge in [0.15, 0.2) is 5.60 Å². The van der Waals surface area contributed by atoms with Crippen molar-refractivity contribution >= 4 is 23.7 Å². The molecular weight excluding hydrogens is 676 g/mol.